The zero-order valence-corrected chi connectivity index (χ0v) is 23.0. The third-order valence-corrected chi connectivity index (χ3v) is 8.20. The van der Waals surface area contributed by atoms with E-state index in [2.05, 4.69) is 45.3 Å². The van der Waals surface area contributed by atoms with Gasteiger partial charge in [0.2, 0.25) is 0 Å². The zero-order valence-electron chi connectivity index (χ0n) is 23.0. The number of aliphatic hydroxyl groups is 1. The van der Waals surface area contributed by atoms with Crippen LogP contribution >= 0.6 is 0 Å². The summed E-state index contributed by atoms with van der Waals surface area (Å²) < 4.78 is 40.5. The van der Waals surface area contributed by atoms with E-state index < -0.39 is 12.7 Å². The van der Waals surface area contributed by atoms with Gasteiger partial charge in [-0.05, 0) is 55.4 Å². The second-order valence-corrected chi connectivity index (χ2v) is 11.2. The third kappa shape index (κ3) is 6.24. The van der Waals surface area contributed by atoms with Gasteiger partial charge in [0.05, 0.1) is 12.2 Å². The highest BCUT2D eigenvalue weighted by Crippen LogP contribution is 2.30. The van der Waals surface area contributed by atoms with Crippen LogP contribution in [0.25, 0.3) is 10.9 Å². The molecule has 1 saturated heterocycles. The maximum absolute atomic E-state index is 12.8. The maximum atomic E-state index is 12.8. The molecule has 3 aromatic rings. The molecule has 1 fully saturated rings. The van der Waals surface area contributed by atoms with Crippen molar-refractivity contribution in [3.63, 3.8) is 0 Å². The van der Waals surface area contributed by atoms with E-state index in [0.717, 1.165) is 54.8 Å². The standard InChI is InChI=1S/C29H36F3N7O/c1-19(16-40)13-39-23(12-33)11-25-20(2)21(3-4-27(25)39)14-37-8-5-22(6-9-37)36-28-24-7-10-38(17-29(30,31)32)15-26(24)34-18-35-28/h3-4,11,18-19,22,40H,5-10,13-17H2,1-2H3,(H,34,35,36)/t19-/m0/s1. The van der Waals surface area contributed by atoms with Crippen molar-refractivity contribution in [1.29, 1.82) is 5.26 Å². The van der Waals surface area contributed by atoms with E-state index in [1.54, 1.807) is 0 Å². The average Bonchev–Trinajstić information content (AvgIpc) is 3.28. The van der Waals surface area contributed by atoms with Crippen LogP contribution in [-0.4, -0.2) is 74.4 Å². The van der Waals surface area contributed by atoms with Gasteiger partial charge in [-0.3, -0.25) is 9.80 Å². The smallest absolute Gasteiger partial charge is 0.396 e. The topological polar surface area (TPSA) is 93.2 Å². The largest absolute Gasteiger partial charge is 0.401 e. The number of aliphatic hydroxyl groups excluding tert-OH is 1. The van der Waals surface area contributed by atoms with Gasteiger partial charge in [-0.15, -0.1) is 0 Å². The van der Waals surface area contributed by atoms with E-state index in [1.807, 2.05) is 17.6 Å². The van der Waals surface area contributed by atoms with Crippen LogP contribution in [-0.2, 0) is 26.1 Å². The lowest BCUT2D eigenvalue weighted by atomic mass is 10.00. The minimum absolute atomic E-state index is 0.0644. The first-order chi connectivity index (χ1) is 19.1. The summed E-state index contributed by atoms with van der Waals surface area (Å²) in [5.41, 5.74) is 5.67. The van der Waals surface area contributed by atoms with E-state index in [1.165, 1.54) is 22.4 Å². The molecule has 0 amide bonds. The summed E-state index contributed by atoms with van der Waals surface area (Å²) >= 11 is 0. The Labute approximate surface area is 232 Å². The highest BCUT2D eigenvalue weighted by Gasteiger charge is 2.33. The van der Waals surface area contributed by atoms with Gasteiger partial charge in [0.25, 0.3) is 0 Å². The molecule has 0 aliphatic carbocycles. The summed E-state index contributed by atoms with van der Waals surface area (Å²) in [6, 6.07) is 8.75. The van der Waals surface area contributed by atoms with Crippen LogP contribution in [0.2, 0.25) is 0 Å². The summed E-state index contributed by atoms with van der Waals surface area (Å²) in [7, 11) is 0. The molecule has 5 rings (SSSR count). The monoisotopic (exact) mass is 555 g/mol. The van der Waals surface area contributed by atoms with Crippen LogP contribution < -0.4 is 5.32 Å². The molecule has 2 aliphatic rings. The number of nitrogens with zero attached hydrogens (tertiary/aromatic N) is 6. The van der Waals surface area contributed by atoms with Gasteiger partial charge in [-0.25, -0.2) is 9.97 Å². The van der Waals surface area contributed by atoms with E-state index in [9.17, 15) is 23.5 Å². The van der Waals surface area contributed by atoms with E-state index >= 15 is 0 Å². The molecular weight excluding hydrogens is 519 g/mol. The Balaban J connectivity index is 1.20. The summed E-state index contributed by atoms with van der Waals surface area (Å²) in [6.07, 6.45) is -0.388. The molecule has 0 bridgehead atoms. The van der Waals surface area contributed by atoms with Crippen molar-refractivity contribution >= 4 is 16.7 Å². The Morgan fingerprint density at radius 2 is 1.95 bits per heavy atom. The van der Waals surface area contributed by atoms with Crippen molar-refractivity contribution in [1.82, 2.24) is 24.3 Å². The Bertz CT molecular complexity index is 1390. The number of halogens is 3. The molecule has 0 spiro atoms. The molecule has 2 N–H and O–H groups in total. The molecule has 40 heavy (non-hydrogen) atoms. The number of nitrogens with one attached hydrogen (secondary N) is 1. The fraction of sp³-hybridized carbons (Fsp3) is 0.552. The summed E-state index contributed by atoms with van der Waals surface area (Å²) in [5.74, 6) is 0.819. The van der Waals surface area contributed by atoms with Crippen molar-refractivity contribution in [3.8, 4) is 6.07 Å². The number of benzene rings is 1. The van der Waals surface area contributed by atoms with Crippen LogP contribution in [0.5, 0.6) is 0 Å². The fourth-order valence-electron chi connectivity index (χ4n) is 5.94. The highest BCUT2D eigenvalue weighted by molar-refractivity contribution is 5.86. The van der Waals surface area contributed by atoms with E-state index in [-0.39, 0.29) is 25.1 Å². The number of nitriles is 1. The molecule has 2 aliphatic heterocycles. The number of piperidine rings is 1. The van der Waals surface area contributed by atoms with Crippen LogP contribution in [0.3, 0.4) is 0 Å². The Kier molecular flexibility index (Phi) is 8.31. The lowest BCUT2D eigenvalue weighted by Gasteiger charge is -2.34. The zero-order chi connectivity index (χ0) is 28.4. The maximum Gasteiger partial charge on any atom is 0.401 e. The highest BCUT2D eigenvalue weighted by atomic mass is 19.4. The first-order valence-electron chi connectivity index (χ1n) is 13.9. The number of hydrogen-bond donors (Lipinski definition) is 2. The van der Waals surface area contributed by atoms with Gasteiger partial charge in [0.1, 0.15) is 23.9 Å². The van der Waals surface area contributed by atoms with Crippen LogP contribution in [0.15, 0.2) is 24.5 Å². The number of rotatable bonds is 8. The predicted molar refractivity (Wildman–Crippen MR) is 147 cm³/mol. The number of hydrogen-bond acceptors (Lipinski definition) is 7. The van der Waals surface area contributed by atoms with Crippen molar-refractivity contribution in [2.24, 2.45) is 5.92 Å². The predicted octanol–water partition coefficient (Wildman–Crippen LogP) is 4.24. The molecule has 0 unspecified atom stereocenters. The number of anilines is 1. The number of likely N-dealkylation sites (tertiary alicyclic amines) is 1. The Morgan fingerprint density at radius 3 is 2.65 bits per heavy atom. The quantitative estimate of drug-likeness (QED) is 0.430. The minimum atomic E-state index is -4.21. The van der Waals surface area contributed by atoms with E-state index in [4.69, 9.17) is 0 Å². The van der Waals surface area contributed by atoms with Gasteiger partial charge < -0.3 is 15.0 Å². The third-order valence-electron chi connectivity index (χ3n) is 8.20. The van der Waals surface area contributed by atoms with Gasteiger partial charge in [-0.2, -0.15) is 18.4 Å². The first kappa shape index (κ1) is 28.3. The molecule has 1 aromatic carbocycles. The van der Waals surface area contributed by atoms with Crippen LogP contribution in [0.1, 0.15) is 47.8 Å². The van der Waals surface area contributed by atoms with Gasteiger partial charge >= 0.3 is 6.18 Å². The van der Waals surface area contributed by atoms with Gasteiger partial charge in [-0.1, -0.05) is 13.0 Å². The second kappa shape index (κ2) is 11.7. The molecule has 8 nitrogen and oxygen atoms in total. The van der Waals surface area contributed by atoms with Crippen molar-refractivity contribution in [3.05, 3.63) is 52.6 Å². The molecule has 11 heteroatoms. The number of alkyl halides is 3. The molecule has 0 radical (unpaired) electrons. The van der Waals surface area contributed by atoms with Crippen LogP contribution in [0, 0.1) is 24.2 Å². The lowest BCUT2D eigenvalue weighted by Crippen LogP contribution is -2.40. The molecule has 214 valence electrons. The van der Waals surface area contributed by atoms with Gasteiger partial charge in [0.15, 0.2) is 0 Å². The summed E-state index contributed by atoms with van der Waals surface area (Å²) in [4.78, 5) is 12.5. The minimum Gasteiger partial charge on any atom is -0.396 e. The normalized spacial score (nSPS) is 18.0. The van der Waals surface area contributed by atoms with Crippen molar-refractivity contribution < 1.29 is 18.3 Å². The second-order valence-electron chi connectivity index (χ2n) is 11.2. The van der Waals surface area contributed by atoms with Crippen molar-refractivity contribution in [2.45, 2.75) is 65.0 Å². The lowest BCUT2D eigenvalue weighted by molar-refractivity contribution is -0.147. The summed E-state index contributed by atoms with van der Waals surface area (Å²) in [6.45, 7) is 7.03. The van der Waals surface area contributed by atoms with E-state index in [0.29, 0.717) is 30.9 Å². The average molecular weight is 556 g/mol. The van der Waals surface area contributed by atoms with Crippen molar-refractivity contribution in [2.75, 3.05) is 38.1 Å². The molecule has 1 atom stereocenters. The Morgan fingerprint density at radius 1 is 1.18 bits per heavy atom. The number of aryl methyl sites for hydroxylation is 1. The molecule has 4 heterocycles. The molecular formula is C29H36F3N7O. The SMILES string of the molecule is Cc1c(CN2CCC(Nc3ncnc4c3CCN(CC(F)(F)F)C4)CC2)ccc2c1cc(C#N)n2C[C@H](C)CO. The molecule has 0 saturated carbocycles. The molecule has 2 aromatic heterocycles. The van der Waals surface area contributed by atoms with Crippen LogP contribution in [0.4, 0.5) is 19.0 Å². The number of aromatic nitrogens is 3. The Hall–Kier alpha value is -3.20. The van der Waals surface area contributed by atoms with Gasteiger partial charge in [0, 0.05) is 68.4 Å². The summed E-state index contributed by atoms with van der Waals surface area (Å²) in [5, 5.41) is 23.8. The number of fused-ring (bicyclic) bond motifs is 2. The first-order valence-corrected chi connectivity index (χ1v) is 13.9. The fourth-order valence-corrected chi connectivity index (χ4v) is 5.94.